The summed E-state index contributed by atoms with van der Waals surface area (Å²) in [7, 11) is 0. The van der Waals surface area contributed by atoms with Crippen LogP contribution in [0.4, 0.5) is 0 Å². The minimum Gasteiger partial charge on any atom is -0.480 e. The predicted molar refractivity (Wildman–Crippen MR) is 71.7 cm³/mol. The van der Waals surface area contributed by atoms with Gasteiger partial charge in [0.1, 0.15) is 6.04 Å². The fourth-order valence-electron chi connectivity index (χ4n) is 2.58. The van der Waals surface area contributed by atoms with E-state index in [1.807, 2.05) is 13.1 Å². The molecule has 1 aliphatic rings. The third-order valence-corrected chi connectivity index (χ3v) is 4.61. The fraction of sp³-hybridized carbons (Fsp3) is 0.692. The van der Waals surface area contributed by atoms with E-state index in [4.69, 9.17) is 0 Å². The maximum Gasteiger partial charge on any atom is 0.320 e. The molecule has 4 nitrogen and oxygen atoms in total. The van der Waals surface area contributed by atoms with E-state index in [0.717, 1.165) is 42.2 Å². The monoisotopic (exact) mass is 268 g/mol. The van der Waals surface area contributed by atoms with Crippen molar-refractivity contribution in [2.75, 3.05) is 6.54 Å². The van der Waals surface area contributed by atoms with Gasteiger partial charge in [-0.25, -0.2) is 4.98 Å². The fourth-order valence-corrected chi connectivity index (χ4v) is 3.40. The Morgan fingerprint density at radius 1 is 1.67 bits per heavy atom. The smallest absolute Gasteiger partial charge is 0.320 e. The Kier molecular flexibility index (Phi) is 4.35. The molecule has 0 aromatic carbocycles. The zero-order valence-electron chi connectivity index (χ0n) is 10.9. The molecule has 1 aromatic rings. The van der Waals surface area contributed by atoms with Crippen molar-refractivity contribution in [3.05, 3.63) is 16.1 Å². The highest BCUT2D eigenvalue weighted by molar-refractivity contribution is 7.11. The van der Waals surface area contributed by atoms with Crippen molar-refractivity contribution in [2.24, 2.45) is 5.92 Å². The lowest BCUT2D eigenvalue weighted by molar-refractivity contribution is -0.145. The van der Waals surface area contributed by atoms with E-state index in [9.17, 15) is 9.90 Å². The third kappa shape index (κ3) is 3.09. The van der Waals surface area contributed by atoms with Crippen LogP contribution in [0, 0.1) is 12.8 Å². The highest BCUT2D eigenvalue weighted by Crippen LogP contribution is 2.27. The molecule has 0 spiro atoms. The van der Waals surface area contributed by atoms with E-state index in [1.165, 1.54) is 0 Å². The number of rotatable bonds is 4. The molecule has 0 aliphatic carbocycles. The Morgan fingerprint density at radius 2 is 2.44 bits per heavy atom. The lowest BCUT2D eigenvalue weighted by Crippen LogP contribution is -2.46. The minimum atomic E-state index is -0.686. The van der Waals surface area contributed by atoms with Crippen molar-refractivity contribution in [1.29, 1.82) is 0 Å². The molecule has 5 heteroatoms. The summed E-state index contributed by atoms with van der Waals surface area (Å²) in [5.41, 5.74) is 0. The lowest BCUT2D eigenvalue weighted by atomic mass is 9.89. The minimum absolute atomic E-state index is 0.328. The topological polar surface area (TPSA) is 53.4 Å². The number of nitrogens with zero attached hydrogens (tertiary/aromatic N) is 2. The Bertz CT molecular complexity index is 419. The standard InChI is InChI=1S/C13H20N2O2S/c1-3-10-4-5-15(12(6-10)13(16)17)8-11-7-14-9(2)18-11/h7,10,12H,3-6,8H2,1-2H3,(H,16,17). The summed E-state index contributed by atoms with van der Waals surface area (Å²) in [5.74, 6) is -0.125. The van der Waals surface area contributed by atoms with E-state index in [0.29, 0.717) is 5.92 Å². The predicted octanol–water partition coefficient (Wildman–Crippen LogP) is 2.53. The second-order valence-corrected chi connectivity index (χ2v) is 6.29. The van der Waals surface area contributed by atoms with Gasteiger partial charge in [-0.1, -0.05) is 13.3 Å². The van der Waals surface area contributed by atoms with Gasteiger partial charge in [-0.2, -0.15) is 0 Å². The molecule has 0 bridgehead atoms. The summed E-state index contributed by atoms with van der Waals surface area (Å²) in [6.45, 7) is 5.73. The lowest BCUT2D eigenvalue weighted by Gasteiger charge is -2.36. The number of carbonyl (C=O) groups is 1. The zero-order valence-corrected chi connectivity index (χ0v) is 11.7. The number of thiazole rings is 1. The molecule has 0 saturated carbocycles. The molecular formula is C13H20N2O2S. The highest BCUT2D eigenvalue weighted by Gasteiger charge is 2.32. The van der Waals surface area contributed by atoms with Crippen molar-refractivity contribution in [3.8, 4) is 0 Å². The van der Waals surface area contributed by atoms with Crippen molar-refractivity contribution in [2.45, 2.75) is 45.7 Å². The van der Waals surface area contributed by atoms with Gasteiger partial charge in [0.15, 0.2) is 0 Å². The largest absolute Gasteiger partial charge is 0.480 e. The molecule has 18 heavy (non-hydrogen) atoms. The molecule has 0 radical (unpaired) electrons. The number of carboxylic acids is 1. The van der Waals surface area contributed by atoms with Gasteiger partial charge in [-0.3, -0.25) is 9.69 Å². The number of aliphatic carboxylic acids is 1. The Hall–Kier alpha value is -0.940. The Balaban J connectivity index is 2.04. The van der Waals surface area contributed by atoms with Crippen LogP contribution in [0.2, 0.25) is 0 Å². The molecule has 1 aromatic heterocycles. The van der Waals surface area contributed by atoms with Crippen molar-refractivity contribution < 1.29 is 9.90 Å². The molecule has 1 N–H and O–H groups in total. The third-order valence-electron chi connectivity index (χ3n) is 3.71. The number of aryl methyl sites for hydroxylation is 1. The average molecular weight is 268 g/mol. The van der Waals surface area contributed by atoms with Gasteiger partial charge in [0.05, 0.1) is 5.01 Å². The van der Waals surface area contributed by atoms with Crippen LogP contribution in [-0.4, -0.2) is 33.5 Å². The zero-order chi connectivity index (χ0) is 13.1. The second-order valence-electron chi connectivity index (χ2n) is 4.97. The number of hydrogen-bond acceptors (Lipinski definition) is 4. The van der Waals surface area contributed by atoms with Crippen LogP contribution in [0.15, 0.2) is 6.20 Å². The van der Waals surface area contributed by atoms with Gasteiger partial charge >= 0.3 is 5.97 Å². The Labute approximate surface area is 112 Å². The van der Waals surface area contributed by atoms with E-state index in [2.05, 4.69) is 16.8 Å². The molecule has 0 amide bonds. The number of likely N-dealkylation sites (tertiary alicyclic amines) is 1. The van der Waals surface area contributed by atoms with Crippen LogP contribution in [0.5, 0.6) is 0 Å². The summed E-state index contributed by atoms with van der Waals surface area (Å²) >= 11 is 1.66. The summed E-state index contributed by atoms with van der Waals surface area (Å²) in [6, 6.07) is -0.328. The van der Waals surface area contributed by atoms with Crippen LogP contribution in [0.25, 0.3) is 0 Å². The van der Waals surface area contributed by atoms with Crippen molar-refractivity contribution in [3.63, 3.8) is 0 Å². The molecule has 100 valence electrons. The number of piperidine rings is 1. The highest BCUT2D eigenvalue weighted by atomic mass is 32.1. The summed E-state index contributed by atoms with van der Waals surface area (Å²) in [5, 5.41) is 10.4. The number of carboxylic acid groups (broad SMARTS) is 1. The van der Waals surface area contributed by atoms with Gasteiger partial charge in [-0.05, 0) is 32.2 Å². The summed E-state index contributed by atoms with van der Waals surface area (Å²) in [4.78, 5) is 18.8. The normalized spacial score (nSPS) is 25.2. The van der Waals surface area contributed by atoms with Crippen LogP contribution in [0.1, 0.15) is 36.1 Å². The van der Waals surface area contributed by atoms with Gasteiger partial charge in [0, 0.05) is 17.6 Å². The van der Waals surface area contributed by atoms with Gasteiger partial charge in [0.2, 0.25) is 0 Å². The van der Waals surface area contributed by atoms with Gasteiger partial charge < -0.3 is 5.11 Å². The van der Waals surface area contributed by atoms with E-state index >= 15 is 0 Å². The summed E-state index contributed by atoms with van der Waals surface area (Å²) < 4.78 is 0. The molecule has 1 fully saturated rings. The van der Waals surface area contributed by atoms with Crippen LogP contribution in [-0.2, 0) is 11.3 Å². The van der Waals surface area contributed by atoms with E-state index in [1.54, 1.807) is 11.3 Å². The second kappa shape index (κ2) is 5.80. The first-order valence-corrected chi connectivity index (χ1v) is 7.30. The van der Waals surface area contributed by atoms with Crippen LogP contribution in [0.3, 0.4) is 0 Å². The molecule has 1 aliphatic heterocycles. The van der Waals surface area contributed by atoms with Crippen molar-refractivity contribution in [1.82, 2.24) is 9.88 Å². The molecule has 2 rings (SSSR count). The SMILES string of the molecule is CCC1CCN(Cc2cnc(C)s2)C(C(=O)O)C1. The van der Waals surface area contributed by atoms with Crippen LogP contribution >= 0.6 is 11.3 Å². The summed E-state index contributed by atoms with van der Waals surface area (Å²) in [6.07, 6.45) is 4.84. The molecule has 1 saturated heterocycles. The van der Waals surface area contributed by atoms with Crippen LogP contribution < -0.4 is 0 Å². The molecule has 2 heterocycles. The maximum absolute atomic E-state index is 11.4. The Morgan fingerprint density at radius 3 is 3.00 bits per heavy atom. The number of hydrogen-bond donors (Lipinski definition) is 1. The first kappa shape index (κ1) is 13.5. The average Bonchev–Trinajstić information content (AvgIpc) is 2.75. The van der Waals surface area contributed by atoms with Gasteiger partial charge in [0.25, 0.3) is 0 Å². The van der Waals surface area contributed by atoms with E-state index < -0.39 is 5.97 Å². The maximum atomic E-state index is 11.4. The molecular weight excluding hydrogens is 248 g/mol. The number of aromatic nitrogens is 1. The van der Waals surface area contributed by atoms with E-state index in [-0.39, 0.29) is 6.04 Å². The quantitative estimate of drug-likeness (QED) is 0.911. The van der Waals surface area contributed by atoms with Gasteiger partial charge in [-0.15, -0.1) is 11.3 Å². The van der Waals surface area contributed by atoms with Crippen molar-refractivity contribution >= 4 is 17.3 Å². The molecule has 2 unspecified atom stereocenters. The first-order chi connectivity index (χ1) is 8.60. The first-order valence-electron chi connectivity index (χ1n) is 6.48. The molecule has 2 atom stereocenters.